The minimum atomic E-state index is -4.69. The van der Waals surface area contributed by atoms with Crippen molar-refractivity contribution in [1.29, 1.82) is 0 Å². The maximum absolute atomic E-state index is 12.2. The van der Waals surface area contributed by atoms with Crippen molar-refractivity contribution in [1.82, 2.24) is 0 Å². The Hall–Kier alpha value is -1.65. The van der Waals surface area contributed by atoms with Crippen LogP contribution in [-0.2, 0) is 10.0 Å². The van der Waals surface area contributed by atoms with Crippen molar-refractivity contribution in [2.75, 3.05) is 11.3 Å². The van der Waals surface area contributed by atoms with E-state index in [1.807, 2.05) is 0 Å². The summed E-state index contributed by atoms with van der Waals surface area (Å²) in [5.41, 5.74) is 1.10. The molecule has 1 rings (SSSR count). The van der Waals surface area contributed by atoms with E-state index >= 15 is 0 Å². The molecule has 0 saturated carbocycles. The van der Waals surface area contributed by atoms with E-state index in [4.69, 9.17) is 5.11 Å². The molecule has 0 saturated heterocycles. The second-order valence-electron chi connectivity index (χ2n) is 3.46. The van der Waals surface area contributed by atoms with Crippen molar-refractivity contribution < 1.29 is 22.3 Å². The molecule has 0 aliphatic heterocycles. The zero-order valence-corrected chi connectivity index (χ0v) is 10.3. The Morgan fingerprint density at radius 2 is 2.06 bits per heavy atom. The molecule has 0 unspecified atom stereocenters. The molecule has 0 amide bonds. The first-order valence-corrected chi connectivity index (χ1v) is 6.41. The van der Waals surface area contributed by atoms with Gasteiger partial charge in [0.1, 0.15) is 6.61 Å². The van der Waals surface area contributed by atoms with Crippen molar-refractivity contribution in [3.63, 3.8) is 0 Å². The van der Waals surface area contributed by atoms with Crippen LogP contribution in [0.3, 0.4) is 0 Å². The van der Waals surface area contributed by atoms with E-state index in [1.165, 1.54) is 12.1 Å². The third-order valence-electron chi connectivity index (χ3n) is 1.88. The summed E-state index contributed by atoms with van der Waals surface area (Å²) in [5.74, 6) is 1.46. The molecule has 4 nitrogen and oxygen atoms in total. The number of rotatable bonds is 3. The van der Waals surface area contributed by atoms with Crippen molar-refractivity contribution in [2.45, 2.75) is 12.7 Å². The highest BCUT2D eigenvalue weighted by Crippen LogP contribution is 2.17. The van der Waals surface area contributed by atoms with Gasteiger partial charge >= 0.3 is 5.76 Å². The molecule has 1 aromatic carbocycles. The summed E-state index contributed by atoms with van der Waals surface area (Å²) in [6, 6.07) is 4.36. The predicted molar refractivity (Wildman–Crippen MR) is 63.7 cm³/mol. The second kappa shape index (κ2) is 5.80. The third-order valence-corrected chi connectivity index (χ3v) is 2.87. The lowest BCUT2D eigenvalue weighted by atomic mass is 10.1. The zero-order chi connectivity index (χ0) is 13.8. The molecule has 0 aliphatic rings. The summed E-state index contributed by atoms with van der Waals surface area (Å²) < 4.78 is 48.1. The van der Waals surface area contributed by atoms with Crippen LogP contribution < -0.4 is 4.72 Å². The van der Waals surface area contributed by atoms with E-state index in [1.54, 1.807) is 17.7 Å². The molecule has 18 heavy (non-hydrogen) atoms. The summed E-state index contributed by atoms with van der Waals surface area (Å²) in [7, 11) is -4.69. The van der Waals surface area contributed by atoms with Crippen LogP contribution in [0.1, 0.15) is 11.1 Å². The van der Waals surface area contributed by atoms with Crippen LogP contribution in [0.2, 0.25) is 0 Å². The molecule has 0 bridgehead atoms. The standard InChI is InChI=1S/C11H11F2NO3S/c1-8-5-9(3-2-4-15)7-10(6-8)14-18(16,17)11(12)13/h5-7,11,14-15H,4H2,1H3. The average molecular weight is 275 g/mol. The van der Waals surface area contributed by atoms with Gasteiger partial charge in [0.2, 0.25) is 0 Å². The molecule has 0 spiro atoms. The average Bonchev–Trinajstić information content (AvgIpc) is 2.24. The minimum Gasteiger partial charge on any atom is -0.384 e. The maximum Gasteiger partial charge on any atom is 0.355 e. The van der Waals surface area contributed by atoms with Gasteiger partial charge in [0.15, 0.2) is 0 Å². The van der Waals surface area contributed by atoms with Crippen LogP contribution in [0.4, 0.5) is 14.5 Å². The Morgan fingerprint density at radius 3 is 2.61 bits per heavy atom. The fourth-order valence-corrected chi connectivity index (χ4v) is 1.80. The molecule has 0 radical (unpaired) electrons. The summed E-state index contributed by atoms with van der Waals surface area (Å²) in [6.07, 6.45) is 0. The van der Waals surface area contributed by atoms with Crippen molar-refractivity contribution in [3.8, 4) is 11.8 Å². The number of aliphatic hydroxyl groups excluding tert-OH is 1. The largest absolute Gasteiger partial charge is 0.384 e. The first kappa shape index (κ1) is 14.4. The molecule has 0 aliphatic carbocycles. The van der Waals surface area contributed by atoms with Crippen LogP contribution in [0.25, 0.3) is 0 Å². The summed E-state index contributed by atoms with van der Waals surface area (Å²) in [5, 5.41) is 8.54. The Morgan fingerprint density at radius 1 is 1.39 bits per heavy atom. The van der Waals surface area contributed by atoms with Gasteiger partial charge in [0.05, 0.1) is 5.69 Å². The van der Waals surface area contributed by atoms with Crippen LogP contribution in [-0.4, -0.2) is 25.9 Å². The van der Waals surface area contributed by atoms with Gasteiger partial charge in [0, 0.05) is 5.56 Å². The molecule has 1 aromatic rings. The van der Waals surface area contributed by atoms with Gasteiger partial charge in [-0.25, -0.2) is 8.42 Å². The van der Waals surface area contributed by atoms with Crippen LogP contribution in [0.15, 0.2) is 18.2 Å². The molecule has 0 atom stereocenters. The number of halogens is 2. The monoisotopic (exact) mass is 275 g/mol. The smallest absolute Gasteiger partial charge is 0.355 e. The maximum atomic E-state index is 12.2. The second-order valence-corrected chi connectivity index (χ2v) is 5.11. The Labute approximate surface area is 104 Å². The van der Waals surface area contributed by atoms with Crippen LogP contribution in [0.5, 0.6) is 0 Å². The SMILES string of the molecule is Cc1cc(C#CCO)cc(NS(=O)(=O)C(F)F)c1. The lowest BCUT2D eigenvalue weighted by molar-refractivity contribution is 0.236. The number of sulfonamides is 1. The lowest BCUT2D eigenvalue weighted by Crippen LogP contribution is -2.20. The number of aliphatic hydroxyl groups is 1. The van der Waals surface area contributed by atoms with Gasteiger partial charge in [-0.05, 0) is 30.7 Å². The van der Waals surface area contributed by atoms with E-state index in [-0.39, 0.29) is 12.3 Å². The minimum absolute atomic E-state index is 0.0116. The Kier molecular flexibility index (Phi) is 4.64. The number of hydrogen-bond donors (Lipinski definition) is 2. The van der Waals surface area contributed by atoms with Gasteiger partial charge in [-0.3, -0.25) is 4.72 Å². The zero-order valence-electron chi connectivity index (χ0n) is 9.44. The van der Waals surface area contributed by atoms with Gasteiger partial charge < -0.3 is 5.11 Å². The van der Waals surface area contributed by atoms with Crippen molar-refractivity contribution in [3.05, 3.63) is 29.3 Å². The predicted octanol–water partition coefficient (Wildman–Crippen LogP) is 1.30. The van der Waals surface area contributed by atoms with E-state index in [0.29, 0.717) is 11.1 Å². The molecule has 98 valence electrons. The molecule has 2 N–H and O–H groups in total. The third kappa shape index (κ3) is 3.98. The molecular weight excluding hydrogens is 264 g/mol. The van der Waals surface area contributed by atoms with Crippen molar-refractivity contribution in [2.24, 2.45) is 0 Å². The van der Waals surface area contributed by atoms with Gasteiger partial charge in [-0.1, -0.05) is 11.8 Å². The van der Waals surface area contributed by atoms with Gasteiger partial charge in [0.25, 0.3) is 10.0 Å². The van der Waals surface area contributed by atoms with E-state index in [2.05, 4.69) is 11.8 Å². The molecule has 7 heteroatoms. The van der Waals surface area contributed by atoms with E-state index < -0.39 is 15.8 Å². The number of nitrogens with one attached hydrogen (secondary N) is 1. The van der Waals surface area contributed by atoms with Crippen LogP contribution >= 0.6 is 0 Å². The summed E-state index contributed by atoms with van der Waals surface area (Å²) >= 11 is 0. The highest BCUT2D eigenvalue weighted by atomic mass is 32.2. The first-order valence-electron chi connectivity index (χ1n) is 4.86. The van der Waals surface area contributed by atoms with Gasteiger partial charge in [-0.15, -0.1) is 0 Å². The molecule has 0 fully saturated rings. The highest BCUT2D eigenvalue weighted by molar-refractivity contribution is 7.93. The lowest BCUT2D eigenvalue weighted by Gasteiger charge is -2.08. The number of aryl methyl sites for hydroxylation is 1. The fourth-order valence-electron chi connectivity index (χ4n) is 1.26. The molecule has 0 heterocycles. The summed E-state index contributed by atoms with van der Waals surface area (Å²) in [6.45, 7) is 1.33. The van der Waals surface area contributed by atoms with E-state index in [9.17, 15) is 17.2 Å². The number of hydrogen-bond acceptors (Lipinski definition) is 3. The fraction of sp³-hybridized carbons (Fsp3) is 0.273. The quantitative estimate of drug-likeness (QED) is 0.817. The Balaban J connectivity index is 3.08. The summed E-state index contributed by atoms with van der Waals surface area (Å²) in [4.78, 5) is 0. The number of anilines is 1. The normalized spacial score (nSPS) is 10.9. The highest BCUT2D eigenvalue weighted by Gasteiger charge is 2.23. The number of alkyl halides is 2. The van der Waals surface area contributed by atoms with Crippen molar-refractivity contribution >= 4 is 15.7 Å². The molecular formula is C11H11F2NO3S. The Bertz CT molecular complexity index is 588. The first-order chi connectivity index (χ1) is 8.35. The van der Waals surface area contributed by atoms with Crippen LogP contribution in [0, 0.1) is 18.8 Å². The van der Waals surface area contributed by atoms with E-state index in [0.717, 1.165) is 0 Å². The topological polar surface area (TPSA) is 66.4 Å². The van der Waals surface area contributed by atoms with Gasteiger partial charge in [-0.2, -0.15) is 8.78 Å². The molecule has 0 aromatic heterocycles. The number of benzene rings is 1.